The monoisotopic (exact) mass is 184 g/mol. The van der Waals surface area contributed by atoms with Crippen molar-refractivity contribution in [1.82, 2.24) is 0 Å². The molecule has 0 fully saturated rings. The lowest BCUT2D eigenvalue weighted by Gasteiger charge is -2.13. The summed E-state index contributed by atoms with van der Waals surface area (Å²) in [7, 11) is 1.28. The smallest absolute Gasteiger partial charge is 0.316 e. The highest BCUT2D eigenvalue weighted by Crippen LogP contribution is 2.13. The molecule has 0 radical (unpaired) electrons. The van der Waals surface area contributed by atoms with E-state index in [9.17, 15) is 9.59 Å². The van der Waals surface area contributed by atoms with E-state index in [1.54, 1.807) is 19.9 Å². The molecule has 0 N–H and O–H groups in total. The van der Waals surface area contributed by atoms with Gasteiger partial charge in [0, 0.05) is 5.92 Å². The van der Waals surface area contributed by atoms with E-state index in [2.05, 4.69) is 11.3 Å². The minimum Gasteiger partial charge on any atom is -0.468 e. The van der Waals surface area contributed by atoms with Crippen molar-refractivity contribution in [3.05, 3.63) is 12.7 Å². The molecule has 0 aliphatic carbocycles. The first kappa shape index (κ1) is 11.9. The van der Waals surface area contributed by atoms with Crippen LogP contribution in [0.25, 0.3) is 0 Å². The second-order valence-corrected chi connectivity index (χ2v) is 3.16. The second-order valence-electron chi connectivity index (χ2n) is 3.16. The Balaban J connectivity index is 4.49. The number of esters is 1. The SMILES string of the molecule is C=CC[C@@H](C(=O)OC)C(=O)C(C)C. The lowest BCUT2D eigenvalue weighted by Crippen LogP contribution is -2.28. The molecule has 0 bridgehead atoms. The molecule has 0 saturated carbocycles. The zero-order valence-electron chi connectivity index (χ0n) is 8.37. The van der Waals surface area contributed by atoms with Gasteiger partial charge in [0.1, 0.15) is 11.7 Å². The molecule has 0 aromatic rings. The highest BCUT2D eigenvalue weighted by atomic mass is 16.5. The second kappa shape index (κ2) is 5.51. The van der Waals surface area contributed by atoms with Crippen LogP contribution >= 0.6 is 0 Å². The van der Waals surface area contributed by atoms with Gasteiger partial charge in [-0.05, 0) is 6.42 Å². The van der Waals surface area contributed by atoms with Crippen LogP contribution in [0.3, 0.4) is 0 Å². The lowest BCUT2D eigenvalue weighted by molar-refractivity contribution is -0.150. The first-order chi connectivity index (χ1) is 6.04. The van der Waals surface area contributed by atoms with Crippen LogP contribution in [0.15, 0.2) is 12.7 Å². The summed E-state index contributed by atoms with van der Waals surface area (Å²) in [6, 6.07) is 0. The van der Waals surface area contributed by atoms with Gasteiger partial charge in [-0.2, -0.15) is 0 Å². The number of carbonyl (C=O) groups excluding carboxylic acids is 2. The number of rotatable bonds is 5. The van der Waals surface area contributed by atoms with Gasteiger partial charge < -0.3 is 4.74 Å². The van der Waals surface area contributed by atoms with Gasteiger partial charge in [-0.3, -0.25) is 9.59 Å². The molecule has 0 heterocycles. The van der Waals surface area contributed by atoms with Crippen molar-refractivity contribution in [2.45, 2.75) is 20.3 Å². The van der Waals surface area contributed by atoms with Crippen LogP contribution < -0.4 is 0 Å². The normalized spacial score (nSPS) is 12.3. The predicted octanol–water partition coefficient (Wildman–Crippen LogP) is 1.58. The third kappa shape index (κ3) is 3.40. The Morgan fingerprint density at radius 3 is 2.31 bits per heavy atom. The molecule has 13 heavy (non-hydrogen) atoms. The van der Waals surface area contributed by atoms with Gasteiger partial charge >= 0.3 is 5.97 Å². The van der Waals surface area contributed by atoms with Gasteiger partial charge in [-0.15, -0.1) is 6.58 Å². The molecule has 0 rings (SSSR count). The number of allylic oxidation sites excluding steroid dienone is 1. The van der Waals surface area contributed by atoms with Gasteiger partial charge in [0.2, 0.25) is 0 Å². The first-order valence-corrected chi connectivity index (χ1v) is 4.27. The molecule has 0 aliphatic rings. The molecule has 3 heteroatoms. The molecular weight excluding hydrogens is 168 g/mol. The maximum atomic E-state index is 11.5. The van der Waals surface area contributed by atoms with Crippen molar-refractivity contribution >= 4 is 11.8 Å². The Morgan fingerprint density at radius 1 is 1.46 bits per heavy atom. The average molecular weight is 184 g/mol. The van der Waals surface area contributed by atoms with Crippen molar-refractivity contribution in [3.8, 4) is 0 Å². The number of carbonyl (C=O) groups is 2. The molecule has 0 unspecified atom stereocenters. The molecule has 0 amide bonds. The van der Waals surface area contributed by atoms with Crippen molar-refractivity contribution in [1.29, 1.82) is 0 Å². The fraction of sp³-hybridized carbons (Fsp3) is 0.600. The molecule has 0 saturated heterocycles. The van der Waals surface area contributed by atoms with E-state index in [0.29, 0.717) is 6.42 Å². The van der Waals surface area contributed by atoms with Gasteiger partial charge in [0.25, 0.3) is 0 Å². The van der Waals surface area contributed by atoms with Crippen LogP contribution in [0.4, 0.5) is 0 Å². The summed E-state index contributed by atoms with van der Waals surface area (Å²) in [5, 5.41) is 0. The largest absolute Gasteiger partial charge is 0.468 e. The maximum Gasteiger partial charge on any atom is 0.316 e. The number of ketones is 1. The summed E-state index contributed by atoms with van der Waals surface area (Å²) in [4.78, 5) is 22.6. The van der Waals surface area contributed by atoms with Crippen LogP contribution in [-0.2, 0) is 14.3 Å². The maximum absolute atomic E-state index is 11.5. The molecule has 3 nitrogen and oxygen atoms in total. The number of Topliss-reactive ketones (excluding diaryl/α,β-unsaturated/α-hetero) is 1. The van der Waals surface area contributed by atoms with Crippen molar-refractivity contribution in [3.63, 3.8) is 0 Å². The minimum absolute atomic E-state index is 0.0910. The Bertz CT molecular complexity index is 206. The summed E-state index contributed by atoms with van der Waals surface area (Å²) in [5.74, 6) is -1.39. The summed E-state index contributed by atoms with van der Waals surface area (Å²) in [6.07, 6.45) is 1.91. The van der Waals surface area contributed by atoms with Crippen LogP contribution in [0, 0.1) is 11.8 Å². The molecule has 1 atom stereocenters. The fourth-order valence-corrected chi connectivity index (χ4v) is 1.04. The van der Waals surface area contributed by atoms with Gasteiger partial charge in [-0.1, -0.05) is 19.9 Å². The van der Waals surface area contributed by atoms with Crippen molar-refractivity contribution < 1.29 is 14.3 Å². The minimum atomic E-state index is -0.678. The average Bonchev–Trinajstić information content (AvgIpc) is 2.11. The van der Waals surface area contributed by atoms with E-state index in [4.69, 9.17) is 0 Å². The summed E-state index contributed by atoms with van der Waals surface area (Å²) in [5.41, 5.74) is 0. The summed E-state index contributed by atoms with van der Waals surface area (Å²) >= 11 is 0. The lowest BCUT2D eigenvalue weighted by atomic mass is 9.92. The number of hydrogen-bond acceptors (Lipinski definition) is 3. The highest BCUT2D eigenvalue weighted by molar-refractivity contribution is 5.99. The molecular formula is C10H16O3. The van der Waals surface area contributed by atoms with E-state index in [1.807, 2.05) is 0 Å². The topological polar surface area (TPSA) is 43.4 Å². The fourth-order valence-electron chi connectivity index (χ4n) is 1.04. The van der Waals surface area contributed by atoms with Gasteiger partial charge in [-0.25, -0.2) is 0 Å². The standard InChI is InChI=1S/C10H16O3/c1-5-6-8(10(12)13-4)9(11)7(2)3/h5,7-8H,1,6H2,2-4H3/t8-/m1/s1. The molecule has 74 valence electrons. The quantitative estimate of drug-likeness (QED) is 0.370. The van der Waals surface area contributed by atoms with E-state index >= 15 is 0 Å². The molecule has 0 aliphatic heterocycles. The van der Waals surface area contributed by atoms with Gasteiger partial charge in [0.05, 0.1) is 7.11 Å². The van der Waals surface area contributed by atoms with Crippen LogP contribution in [-0.4, -0.2) is 18.9 Å². The Labute approximate surface area is 78.8 Å². The Kier molecular flexibility index (Phi) is 5.04. The Hall–Kier alpha value is -1.12. The summed E-state index contributed by atoms with van der Waals surface area (Å²) < 4.78 is 4.53. The number of methoxy groups -OCH3 is 1. The zero-order chi connectivity index (χ0) is 10.4. The third-order valence-electron chi connectivity index (χ3n) is 1.80. The highest BCUT2D eigenvalue weighted by Gasteiger charge is 2.27. The molecule has 0 aromatic carbocycles. The van der Waals surface area contributed by atoms with E-state index in [1.165, 1.54) is 7.11 Å². The van der Waals surface area contributed by atoms with E-state index in [-0.39, 0.29) is 11.7 Å². The molecule has 0 aromatic heterocycles. The van der Waals surface area contributed by atoms with Crippen LogP contribution in [0.1, 0.15) is 20.3 Å². The van der Waals surface area contributed by atoms with Crippen LogP contribution in [0.5, 0.6) is 0 Å². The zero-order valence-corrected chi connectivity index (χ0v) is 8.37. The summed E-state index contributed by atoms with van der Waals surface area (Å²) in [6.45, 7) is 7.03. The van der Waals surface area contributed by atoms with Crippen molar-refractivity contribution in [2.75, 3.05) is 7.11 Å². The predicted molar refractivity (Wildman–Crippen MR) is 50.2 cm³/mol. The number of hydrogen-bond donors (Lipinski definition) is 0. The van der Waals surface area contributed by atoms with E-state index < -0.39 is 11.9 Å². The van der Waals surface area contributed by atoms with Crippen LogP contribution in [0.2, 0.25) is 0 Å². The Morgan fingerprint density at radius 2 is 2.00 bits per heavy atom. The first-order valence-electron chi connectivity index (χ1n) is 4.27. The van der Waals surface area contributed by atoms with Gasteiger partial charge in [0.15, 0.2) is 0 Å². The van der Waals surface area contributed by atoms with E-state index in [0.717, 1.165) is 0 Å². The number of ether oxygens (including phenoxy) is 1. The third-order valence-corrected chi connectivity index (χ3v) is 1.80. The van der Waals surface area contributed by atoms with Crippen molar-refractivity contribution in [2.24, 2.45) is 11.8 Å². The molecule has 0 spiro atoms.